The van der Waals surface area contributed by atoms with Gasteiger partial charge in [0.25, 0.3) is 0 Å². The van der Waals surface area contributed by atoms with Crippen molar-refractivity contribution in [3.05, 3.63) is 0 Å². The van der Waals surface area contributed by atoms with E-state index >= 15 is 0 Å². The van der Waals surface area contributed by atoms with Crippen molar-refractivity contribution in [2.45, 2.75) is 38.1 Å². The summed E-state index contributed by atoms with van der Waals surface area (Å²) in [7, 11) is 0. The third-order valence-corrected chi connectivity index (χ3v) is 4.52. The maximum absolute atomic E-state index is 11.6. The third kappa shape index (κ3) is 1.90. The molecule has 3 atom stereocenters. The van der Waals surface area contributed by atoms with Gasteiger partial charge in [-0.2, -0.15) is 0 Å². The van der Waals surface area contributed by atoms with E-state index in [1.54, 1.807) is 11.2 Å². The molecule has 5 heteroatoms. The van der Waals surface area contributed by atoms with Crippen molar-refractivity contribution >= 4 is 23.6 Å². The minimum absolute atomic E-state index is 0.0172. The Morgan fingerprint density at radius 2 is 2.13 bits per heavy atom. The van der Waals surface area contributed by atoms with Crippen LogP contribution < -0.4 is 5.32 Å². The number of Topliss-reactive ketones (excluding diaryl/α,β-unsaturated/α-hetero) is 1. The van der Waals surface area contributed by atoms with E-state index in [9.17, 15) is 9.59 Å². The summed E-state index contributed by atoms with van der Waals surface area (Å²) in [6.45, 7) is 4.10. The van der Waals surface area contributed by atoms with Crippen molar-refractivity contribution in [3.8, 4) is 0 Å². The molecule has 0 spiro atoms. The number of fused-ring (bicyclic) bond motifs is 1. The summed E-state index contributed by atoms with van der Waals surface area (Å²) >= 11 is 1.49. The molecule has 2 aliphatic heterocycles. The van der Waals surface area contributed by atoms with E-state index in [0.717, 1.165) is 19.4 Å². The molecule has 0 aromatic carbocycles. The normalized spacial score (nSPS) is 35.1. The largest absolute Gasteiger partial charge is 0.304 e. The van der Waals surface area contributed by atoms with E-state index < -0.39 is 0 Å². The van der Waals surface area contributed by atoms with Gasteiger partial charge in [0.2, 0.25) is 5.91 Å². The zero-order chi connectivity index (χ0) is 11.0. The molecule has 4 nitrogen and oxygen atoms in total. The van der Waals surface area contributed by atoms with E-state index in [-0.39, 0.29) is 23.1 Å². The van der Waals surface area contributed by atoms with Crippen LogP contribution in [0.3, 0.4) is 0 Å². The highest BCUT2D eigenvalue weighted by Gasteiger charge is 2.47. The molecule has 2 heterocycles. The first-order valence-electron chi connectivity index (χ1n) is 5.31. The molecule has 2 rings (SSSR count). The topological polar surface area (TPSA) is 49.4 Å². The molecule has 15 heavy (non-hydrogen) atoms. The highest BCUT2D eigenvalue weighted by Crippen LogP contribution is 2.41. The minimum Gasteiger partial charge on any atom is -0.304 e. The van der Waals surface area contributed by atoms with Gasteiger partial charge >= 0.3 is 0 Å². The van der Waals surface area contributed by atoms with Gasteiger partial charge in [-0.05, 0) is 38.3 Å². The highest BCUT2D eigenvalue weighted by atomic mass is 32.2. The Labute approximate surface area is 93.9 Å². The number of carbonyl (C=O) groups is 2. The van der Waals surface area contributed by atoms with Crippen LogP contribution in [0.4, 0.5) is 0 Å². The molecule has 84 valence electrons. The summed E-state index contributed by atoms with van der Waals surface area (Å²) in [5.41, 5.74) is 0. The lowest BCUT2D eigenvalue weighted by molar-refractivity contribution is -0.132. The number of piperidine rings is 1. The number of nitrogens with zero attached hydrogens (tertiary/aromatic N) is 1. The maximum Gasteiger partial charge on any atom is 0.230 e. The quantitative estimate of drug-likeness (QED) is 0.674. The molecule has 0 saturated carbocycles. The predicted molar refractivity (Wildman–Crippen MR) is 59.1 cm³/mol. The molecule has 2 saturated heterocycles. The molecule has 3 unspecified atom stereocenters. The Hall–Kier alpha value is -0.550. The lowest BCUT2D eigenvalue weighted by Crippen LogP contribution is -2.44. The smallest absolute Gasteiger partial charge is 0.230 e. The second kappa shape index (κ2) is 4.14. The van der Waals surface area contributed by atoms with Crippen LogP contribution in [0.1, 0.15) is 26.7 Å². The number of carbonyl (C=O) groups excluding carboxylic acids is 2. The van der Waals surface area contributed by atoms with Crippen LogP contribution in [-0.2, 0) is 9.59 Å². The lowest BCUT2D eigenvalue weighted by Gasteiger charge is -2.27. The Morgan fingerprint density at radius 3 is 2.73 bits per heavy atom. The van der Waals surface area contributed by atoms with Gasteiger partial charge in [0, 0.05) is 12.8 Å². The van der Waals surface area contributed by atoms with Gasteiger partial charge < -0.3 is 5.32 Å². The number of hydrogen-bond donors (Lipinski definition) is 1. The first-order chi connectivity index (χ1) is 7.11. The predicted octanol–water partition coefficient (Wildman–Crippen LogP) is 0.780. The van der Waals surface area contributed by atoms with Gasteiger partial charge in [0.15, 0.2) is 5.78 Å². The summed E-state index contributed by atoms with van der Waals surface area (Å²) in [6.07, 6.45) is 2.13. The van der Waals surface area contributed by atoms with Crippen molar-refractivity contribution in [1.82, 2.24) is 9.62 Å². The molecule has 0 radical (unpaired) electrons. The number of ketones is 1. The van der Waals surface area contributed by atoms with Crippen molar-refractivity contribution < 1.29 is 9.59 Å². The fraction of sp³-hybridized carbons (Fsp3) is 0.800. The average molecular weight is 228 g/mol. The maximum atomic E-state index is 11.6. The van der Waals surface area contributed by atoms with Crippen LogP contribution in [0.2, 0.25) is 0 Å². The van der Waals surface area contributed by atoms with Crippen LogP contribution in [0.25, 0.3) is 0 Å². The van der Waals surface area contributed by atoms with E-state index in [1.807, 2.05) is 0 Å². The van der Waals surface area contributed by atoms with Gasteiger partial charge in [-0.25, -0.2) is 0 Å². The molecular formula is C10H16N2O2S. The molecule has 1 N–H and O–H groups in total. The van der Waals surface area contributed by atoms with Crippen LogP contribution in [0, 0.1) is 5.92 Å². The van der Waals surface area contributed by atoms with Gasteiger partial charge in [-0.15, -0.1) is 0 Å². The van der Waals surface area contributed by atoms with Crippen molar-refractivity contribution in [3.63, 3.8) is 0 Å². The monoisotopic (exact) mass is 228 g/mol. The average Bonchev–Trinajstić information content (AvgIpc) is 2.56. The molecule has 0 aliphatic carbocycles. The molecule has 2 fully saturated rings. The van der Waals surface area contributed by atoms with Crippen LogP contribution in [-0.4, -0.2) is 34.0 Å². The number of hydrogen-bond acceptors (Lipinski definition) is 4. The van der Waals surface area contributed by atoms with Gasteiger partial charge in [0.05, 0.1) is 5.37 Å². The minimum atomic E-state index is -0.217. The zero-order valence-corrected chi connectivity index (χ0v) is 9.84. The second-order valence-corrected chi connectivity index (χ2v) is 5.30. The summed E-state index contributed by atoms with van der Waals surface area (Å²) in [4.78, 5) is 23.0. The van der Waals surface area contributed by atoms with Gasteiger partial charge in [-0.3, -0.25) is 13.9 Å². The fourth-order valence-electron chi connectivity index (χ4n) is 2.42. The fourth-order valence-corrected chi connectivity index (χ4v) is 3.88. The van der Waals surface area contributed by atoms with Crippen LogP contribution in [0.15, 0.2) is 0 Å². The number of rotatable bonds is 1. The Bertz CT molecular complexity index is 295. The first-order valence-corrected chi connectivity index (χ1v) is 6.15. The van der Waals surface area contributed by atoms with Crippen molar-refractivity contribution in [1.29, 1.82) is 0 Å². The molecule has 0 bridgehead atoms. The van der Waals surface area contributed by atoms with Crippen LogP contribution in [0.5, 0.6) is 0 Å². The van der Waals surface area contributed by atoms with Crippen molar-refractivity contribution in [2.24, 2.45) is 5.92 Å². The molecule has 2 aliphatic rings. The summed E-state index contributed by atoms with van der Waals surface area (Å²) in [5, 5.41) is 3.61. The number of nitrogens with one attached hydrogen (secondary N) is 1. The van der Waals surface area contributed by atoms with Gasteiger partial charge in [0.1, 0.15) is 6.04 Å². The Morgan fingerprint density at radius 1 is 1.40 bits per heavy atom. The molecular weight excluding hydrogens is 212 g/mol. The molecule has 0 aromatic heterocycles. The zero-order valence-electron chi connectivity index (χ0n) is 9.03. The van der Waals surface area contributed by atoms with E-state index in [4.69, 9.17) is 0 Å². The second-order valence-electron chi connectivity index (χ2n) is 4.19. The first kappa shape index (κ1) is 11.0. The Kier molecular flexibility index (Phi) is 3.02. The number of amides is 1. The van der Waals surface area contributed by atoms with Crippen molar-refractivity contribution in [2.75, 3.05) is 6.54 Å². The summed E-state index contributed by atoms with van der Waals surface area (Å²) in [5.74, 6) is 0.385. The van der Waals surface area contributed by atoms with E-state index in [1.165, 1.54) is 18.9 Å². The highest BCUT2D eigenvalue weighted by molar-refractivity contribution is 7.98. The SMILES string of the molecule is CC(=O)C1C2CCCNC2SN1C(C)=O. The third-order valence-electron chi connectivity index (χ3n) is 3.06. The lowest BCUT2D eigenvalue weighted by atomic mass is 9.89. The standard InChI is InChI=1S/C10H16N2O2S/c1-6(13)9-8-4-3-5-11-10(8)15-12(9)7(2)14/h8-11H,3-5H2,1-2H3. The van der Waals surface area contributed by atoms with Gasteiger partial charge in [-0.1, -0.05) is 0 Å². The van der Waals surface area contributed by atoms with E-state index in [2.05, 4.69) is 5.32 Å². The van der Waals surface area contributed by atoms with E-state index in [0.29, 0.717) is 5.92 Å². The molecule has 1 amide bonds. The Balaban J connectivity index is 2.21. The summed E-state index contributed by atoms with van der Waals surface area (Å²) < 4.78 is 1.65. The summed E-state index contributed by atoms with van der Waals surface area (Å²) in [6, 6.07) is -0.217. The van der Waals surface area contributed by atoms with Crippen LogP contribution >= 0.6 is 11.9 Å². The molecule has 0 aromatic rings.